The van der Waals surface area contributed by atoms with E-state index in [9.17, 15) is 4.79 Å². The highest BCUT2D eigenvalue weighted by Crippen LogP contribution is 2.25. The van der Waals surface area contributed by atoms with E-state index in [1.807, 2.05) is 32.0 Å². The van der Waals surface area contributed by atoms with Gasteiger partial charge < -0.3 is 19.5 Å². The minimum Gasteiger partial charge on any atom is -0.497 e. The molecule has 0 fully saturated rings. The molecule has 0 aromatic heterocycles. The van der Waals surface area contributed by atoms with Crippen LogP contribution in [0.1, 0.15) is 20.8 Å². The summed E-state index contributed by atoms with van der Waals surface area (Å²) >= 11 is 0. The smallest absolute Gasteiger partial charge is 0.265 e. The first-order chi connectivity index (χ1) is 11.5. The van der Waals surface area contributed by atoms with E-state index in [4.69, 9.17) is 14.2 Å². The second kappa shape index (κ2) is 8.24. The van der Waals surface area contributed by atoms with Crippen molar-refractivity contribution >= 4 is 11.6 Å². The first-order valence-corrected chi connectivity index (χ1v) is 7.87. The Morgan fingerprint density at radius 2 is 1.54 bits per heavy atom. The molecule has 2 rings (SSSR count). The maximum atomic E-state index is 12.4. The van der Waals surface area contributed by atoms with Gasteiger partial charge in [-0.05, 0) is 57.2 Å². The predicted molar refractivity (Wildman–Crippen MR) is 93.9 cm³/mol. The zero-order chi connectivity index (χ0) is 17.5. The molecule has 5 heteroatoms. The lowest BCUT2D eigenvalue weighted by Gasteiger charge is -2.18. The summed E-state index contributed by atoms with van der Waals surface area (Å²) in [5, 5.41) is 2.84. The number of anilines is 1. The van der Waals surface area contributed by atoms with Gasteiger partial charge in [0.25, 0.3) is 5.91 Å². The number of ether oxygens (including phenoxy) is 3. The predicted octanol–water partition coefficient (Wildman–Crippen LogP) is 3.89. The van der Waals surface area contributed by atoms with Gasteiger partial charge in [-0.15, -0.1) is 0 Å². The Morgan fingerprint density at radius 1 is 0.917 bits per heavy atom. The van der Waals surface area contributed by atoms with Crippen molar-refractivity contribution in [2.75, 3.05) is 12.4 Å². The quantitative estimate of drug-likeness (QED) is 0.837. The van der Waals surface area contributed by atoms with Gasteiger partial charge in [0.2, 0.25) is 0 Å². The zero-order valence-corrected chi connectivity index (χ0v) is 14.4. The fourth-order valence-corrected chi connectivity index (χ4v) is 2.07. The van der Waals surface area contributed by atoms with Crippen LogP contribution in [-0.4, -0.2) is 25.2 Å². The molecule has 2 aromatic rings. The molecule has 2 aromatic carbocycles. The lowest BCUT2D eigenvalue weighted by atomic mass is 10.2. The molecule has 0 bridgehead atoms. The van der Waals surface area contributed by atoms with Crippen LogP contribution in [0.3, 0.4) is 0 Å². The summed E-state index contributed by atoms with van der Waals surface area (Å²) in [7, 11) is 1.60. The first kappa shape index (κ1) is 17.7. The standard InChI is InChI=1S/C19H23NO4/c1-13(2)23-18-8-6-5-7-17(18)20-19(21)14(3)24-16-11-9-15(22-4)10-12-16/h5-14H,1-4H3,(H,20,21). The summed E-state index contributed by atoms with van der Waals surface area (Å²) in [6, 6.07) is 14.4. The van der Waals surface area contributed by atoms with E-state index in [0.717, 1.165) is 5.75 Å². The molecule has 0 spiro atoms. The van der Waals surface area contributed by atoms with E-state index >= 15 is 0 Å². The average Bonchev–Trinajstić information content (AvgIpc) is 2.56. The Morgan fingerprint density at radius 3 is 2.17 bits per heavy atom. The number of hydrogen-bond donors (Lipinski definition) is 1. The van der Waals surface area contributed by atoms with Gasteiger partial charge in [-0.25, -0.2) is 0 Å². The minimum absolute atomic E-state index is 0.0241. The Hall–Kier alpha value is -2.69. The zero-order valence-electron chi connectivity index (χ0n) is 14.4. The summed E-state index contributed by atoms with van der Waals surface area (Å²) in [4.78, 5) is 12.4. The van der Waals surface area contributed by atoms with E-state index in [-0.39, 0.29) is 12.0 Å². The Labute approximate surface area is 142 Å². The van der Waals surface area contributed by atoms with Crippen LogP contribution in [0, 0.1) is 0 Å². The number of para-hydroxylation sites is 2. The molecule has 5 nitrogen and oxygen atoms in total. The first-order valence-electron chi connectivity index (χ1n) is 7.87. The third-order valence-corrected chi connectivity index (χ3v) is 3.25. The van der Waals surface area contributed by atoms with Crippen molar-refractivity contribution in [3.05, 3.63) is 48.5 Å². The summed E-state index contributed by atoms with van der Waals surface area (Å²) in [5.74, 6) is 1.73. The molecule has 0 aliphatic rings. The lowest BCUT2D eigenvalue weighted by Crippen LogP contribution is -2.30. The highest BCUT2D eigenvalue weighted by molar-refractivity contribution is 5.95. The lowest BCUT2D eigenvalue weighted by molar-refractivity contribution is -0.122. The van der Waals surface area contributed by atoms with Gasteiger partial charge in [0.05, 0.1) is 18.9 Å². The summed E-state index contributed by atoms with van der Waals surface area (Å²) in [5.41, 5.74) is 0.626. The number of rotatable bonds is 7. The number of methoxy groups -OCH3 is 1. The summed E-state index contributed by atoms with van der Waals surface area (Å²) < 4.78 is 16.5. The van der Waals surface area contributed by atoms with Gasteiger partial charge in [0.1, 0.15) is 17.2 Å². The van der Waals surface area contributed by atoms with Crippen LogP contribution in [0.25, 0.3) is 0 Å². The number of carbonyl (C=O) groups is 1. The third kappa shape index (κ3) is 4.91. The normalized spacial score (nSPS) is 11.7. The highest BCUT2D eigenvalue weighted by atomic mass is 16.5. The minimum atomic E-state index is -0.648. The van der Waals surface area contributed by atoms with Crippen LogP contribution in [-0.2, 0) is 4.79 Å². The molecule has 0 aliphatic carbocycles. The monoisotopic (exact) mass is 329 g/mol. The average molecular weight is 329 g/mol. The molecule has 0 saturated heterocycles. The number of nitrogens with one attached hydrogen (secondary N) is 1. The second-order valence-corrected chi connectivity index (χ2v) is 5.59. The third-order valence-electron chi connectivity index (χ3n) is 3.25. The molecular weight excluding hydrogens is 306 g/mol. The number of hydrogen-bond acceptors (Lipinski definition) is 4. The summed E-state index contributed by atoms with van der Waals surface area (Å²) in [6.07, 6.45) is -0.624. The van der Waals surface area contributed by atoms with Gasteiger partial charge in [0.15, 0.2) is 6.10 Å². The fourth-order valence-electron chi connectivity index (χ4n) is 2.07. The highest BCUT2D eigenvalue weighted by Gasteiger charge is 2.17. The molecule has 0 saturated carbocycles. The largest absolute Gasteiger partial charge is 0.497 e. The van der Waals surface area contributed by atoms with Crippen LogP contribution in [0.5, 0.6) is 17.2 Å². The Bertz CT molecular complexity index is 667. The molecule has 128 valence electrons. The maximum Gasteiger partial charge on any atom is 0.265 e. The van der Waals surface area contributed by atoms with E-state index in [1.165, 1.54) is 0 Å². The molecule has 24 heavy (non-hydrogen) atoms. The fraction of sp³-hybridized carbons (Fsp3) is 0.316. The van der Waals surface area contributed by atoms with Crippen molar-refractivity contribution in [2.24, 2.45) is 0 Å². The van der Waals surface area contributed by atoms with Crippen LogP contribution >= 0.6 is 0 Å². The van der Waals surface area contributed by atoms with Crippen molar-refractivity contribution in [3.63, 3.8) is 0 Å². The van der Waals surface area contributed by atoms with E-state index in [1.54, 1.807) is 44.4 Å². The van der Waals surface area contributed by atoms with Gasteiger partial charge in [-0.1, -0.05) is 12.1 Å². The van der Waals surface area contributed by atoms with Crippen LogP contribution in [0.4, 0.5) is 5.69 Å². The van der Waals surface area contributed by atoms with Crippen molar-refractivity contribution in [3.8, 4) is 17.2 Å². The van der Waals surface area contributed by atoms with Crippen molar-refractivity contribution < 1.29 is 19.0 Å². The van der Waals surface area contributed by atoms with Gasteiger partial charge in [0, 0.05) is 0 Å². The van der Waals surface area contributed by atoms with Crippen molar-refractivity contribution in [1.82, 2.24) is 0 Å². The second-order valence-electron chi connectivity index (χ2n) is 5.59. The molecule has 1 atom stereocenters. The SMILES string of the molecule is COc1ccc(OC(C)C(=O)Nc2ccccc2OC(C)C)cc1. The molecule has 1 unspecified atom stereocenters. The van der Waals surface area contributed by atoms with Crippen molar-refractivity contribution in [2.45, 2.75) is 33.0 Å². The molecular formula is C19H23NO4. The maximum absolute atomic E-state index is 12.4. The van der Waals surface area contributed by atoms with Crippen molar-refractivity contribution in [1.29, 1.82) is 0 Å². The Balaban J connectivity index is 2.01. The molecule has 1 amide bonds. The van der Waals surface area contributed by atoms with Gasteiger partial charge in [-0.3, -0.25) is 4.79 Å². The van der Waals surface area contributed by atoms with Crippen LogP contribution < -0.4 is 19.5 Å². The summed E-state index contributed by atoms with van der Waals surface area (Å²) in [6.45, 7) is 5.58. The number of amides is 1. The molecule has 0 radical (unpaired) electrons. The molecule has 1 N–H and O–H groups in total. The van der Waals surface area contributed by atoms with E-state index in [0.29, 0.717) is 17.2 Å². The van der Waals surface area contributed by atoms with Gasteiger partial charge in [-0.2, -0.15) is 0 Å². The topological polar surface area (TPSA) is 56.8 Å². The number of carbonyl (C=O) groups excluding carboxylic acids is 1. The van der Waals surface area contributed by atoms with Crippen LogP contribution in [0.15, 0.2) is 48.5 Å². The number of benzene rings is 2. The van der Waals surface area contributed by atoms with Crippen LogP contribution in [0.2, 0.25) is 0 Å². The van der Waals surface area contributed by atoms with E-state index in [2.05, 4.69) is 5.32 Å². The van der Waals surface area contributed by atoms with E-state index < -0.39 is 6.10 Å². The molecule has 0 aliphatic heterocycles. The molecule has 0 heterocycles. The van der Waals surface area contributed by atoms with Gasteiger partial charge >= 0.3 is 0 Å². The Kier molecular flexibility index (Phi) is 6.07.